The van der Waals surface area contributed by atoms with Gasteiger partial charge in [-0.3, -0.25) is 0 Å². The zero-order chi connectivity index (χ0) is 32.6. The number of rotatable bonds is 12. The van der Waals surface area contributed by atoms with Gasteiger partial charge in [0.2, 0.25) is 0 Å². The molecule has 0 aliphatic heterocycles. The molecule has 0 aromatic carbocycles. The number of likely N-dealkylation sites (N-methyl/N-ethyl adjacent to an activating group) is 1. The molecule has 4 unspecified atom stereocenters. The molecule has 3 fully saturated rings. The molecule has 45 heavy (non-hydrogen) atoms. The smallest absolute Gasteiger partial charge is 0.336 e. The van der Waals surface area contributed by atoms with Gasteiger partial charge >= 0.3 is 5.97 Å². The third-order valence-corrected chi connectivity index (χ3v) is 13.2. The molecule has 0 N–H and O–H groups in total. The largest absolute Gasteiger partial charge is 0.371 e. The molecule has 0 saturated heterocycles. The van der Waals surface area contributed by atoms with Crippen LogP contribution in [0.1, 0.15) is 111 Å². The third kappa shape index (κ3) is 7.64. The minimum atomic E-state index is -0.149. The fraction of sp³-hybridized carbons (Fsp3) is 0.795. The molecule has 5 rings (SSSR count). The van der Waals surface area contributed by atoms with Crippen molar-refractivity contribution in [2.24, 2.45) is 52.3 Å². The highest BCUT2D eigenvalue weighted by molar-refractivity contribution is 7.71. The van der Waals surface area contributed by atoms with Gasteiger partial charge in [0.1, 0.15) is 11.2 Å². The van der Waals surface area contributed by atoms with Crippen molar-refractivity contribution in [1.29, 1.82) is 0 Å². The van der Waals surface area contributed by atoms with Crippen LogP contribution >= 0.6 is 12.2 Å². The first-order valence-corrected chi connectivity index (χ1v) is 18.6. The van der Waals surface area contributed by atoms with Gasteiger partial charge in [0.15, 0.2) is 0 Å². The molecule has 1 heterocycles. The zero-order valence-corrected chi connectivity index (χ0v) is 30.6. The highest BCUT2D eigenvalue weighted by atomic mass is 32.1. The lowest BCUT2D eigenvalue weighted by Crippen LogP contribution is -2.51. The van der Waals surface area contributed by atoms with Gasteiger partial charge in [-0.25, -0.2) is 4.79 Å². The van der Waals surface area contributed by atoms with Gasteiger partial charge in [-0.2, -0.15) is 4.73 Å². The second kappa shape index (κ2) is 13.9. The number of nitrogens with zero attached hydrogens (tertiary/aromatic N) is 2. The zero-order valence-electron chi connectivity index (χ0n) is 29.8. The van der Waals surface area contributed by atoms with Crippen molar-refractivity contribution in [3.63, 3.8) is 0 Å². The van der Waals surface area contributed by atoms with E-state index in [1.165, 1.54) is 61.7 Å². The van der Waals surface area contributed by atoms with Crippen LogP contribution in [0.4, 0.5) is 0 Å². The summed E-state index contributed by atoms with van der Waals surface area (Å²) in [5, 5.41) is 0. The van der Waals surface area contributed by atoms with E-state index in [2.05, 4.69) is 61.8 Å². The molecule has 0 bridgehead atoms. The van der Waals surface area contributed by atoms with E-state index in [-0.39, 0.29) is 17.3 Å². The minimum absolute atomic E-state index is 0.0993. The van der Waals surface area contributed by atoms with Gasteiger partial charge in [-0.05, 0) is 115 Å². The second-order valence-corrected chi connectivity index (χ2v) is 17.8. The molecule has 0 radical (unpaired) electrons. The summed E-state index contributed by atoms with van der Waals surface area (Å²) in [7, 11) is 6.47. The van der Waals surface area contributed by atoms with Crippen molar-refractivity contribution in [2.75, 3.05) is 34.3 Å². The first kappa shape index (κ1) is 34.8. The van der Waals surface area contributed by atoms with Crippen molar-refractivity contribution >= 4 is 18.2 Å². The standard InChI is InChI=1S/C39H63N2O3S/c1-27(2)10-9-11-28(3)33-14-15-34-32-13-12-31-25-30(16-19-38(31,4)35(32)17-20-39(33,34)5)37(42)44-40-21-18-29(24-36(40)45)26-43-23-22-41(6,7)8/h12,18,21,24,27-28,30,32-35H,9-11,13-17,19-20,22-23,25-26H2,1-8H3/q+1/t28-,30?,32?,33-,34?,35?,38+,39-/m1/s1. The predicted octanol–water partition coefficient (Wildman–Crippen LogP) is 9.05. The molecule has 5 nitrogen and oxygen atoms in total. The number of hydrogen-bond acceptors (Lipinski definition) is 4. The van der Waals surface area contributed by atoms with Gasteiger partial charge in [-0.15, -0.1) is 0 Å². The number of fused-ring (bicyclic) bond motifs is 5. The Balaban J connectivity index is 1.18. The Hall–Kier alpha value is -1.50. The van der Waals surface area contributed by atoms with E-state index in [0.717, 1.165) is 71.4 Å². The Labute approximate surface area is 279 Å². The average molecular weight is 640 g/mol. The van der Waals surface area contributed by atoms with Crippen LogP contribution < -0.4 is 4.84 Å². The van der Waals surface area contributed by atoms with E-state index >= 15 is 0 Å². The van der Waals surface area contributed by atoms with Crippen LogP contribution in [-0.4, -0.2) is 49.5 Å². The normalized spacial score (nSPS) is 33.6. The van der Waals surface area contributed by atoms with E-state index in [9.17, 15) is 4.79 Å². The van der Waals surface area contributed by atoms with Crippen LogP contribution in [0.3, 0.4) is 0 Å². The SMILES string of the molecule is CC(C)CCC[C@@H](C)[C@H]1CCC2C3CC=C4CC(C(=O)On5ccc(COCC[N+](C)(C)C)cc5=S)CC[C@]4(C)C3CC[C@@]21C. The molecule has 0 amide bonds. The number of aromatic nitrogens is 1. The fourth-order valence-electron chi connectivity index (χ4n) is 10.3. The first-order chi connectivity index (χ1) is 21.2. The summed E-state index contributed by atoms with van der Waals surface area (Å²) < 4.78 is 8.69. The molecule has 8 atom stereocenters. The van der Waals surface area contributed by atoms with Crippen molar-refractivity contribution in [3.8, 4) is 0 Å². The van der Waals surface area contributed by atoms with Crippen molar-refractivity contribution in [3.05, 3.63) is 40.2 Å². The predicted molar refractivity (Wildman–Crippen MR) is 186 cm³/mol. The minimum Gasteiger partial charge on any atom is -0.371 e. The lowest BCUT2D eigenvalue weighted by atomic mass is 9.46. The highest BCUT2D eigenvalue weighted by Crippen LogP contribution is 2.67. The molecule has 6 heteroatoms. The fourth-order valence-corrected chi connectivity index (χ4v) is 10.5. The third-order valence-electron chi connectivity index (χ3n) is 13.0. The summed E-state index contributed by atoms with van der Waals surface area (Å²) in [6, 6.07) is 3.82. The van der Waals surface area contributed by atoms with Gasteiger partial charge in [0.25, 0.3) is 0 Å². The molecule has 4 aliphatic rings. The van der Waals surface area contributed by atoms with Crippen LogP contribution in [0.25, 0.3) is 0 Å². The number of carbonyl (C=O) groups excluding carboxylic acids is 1. The monoisotopic (exact) mass is 639 g/mol. The molecule has 1 aromatic heterocycles. The number of pyridine rings is 1. The molecule has 3 saturated carbocycles. The van der Waals surface area contributed by atoms with Crippen molar-refractivity contribution in [1.82, 2.24) is 4.73 Å². The Bertz CT molecular complexity index is 1280. The number of carbonyl (C=O) groups is 1. The maximum Gasteiger partial charge on any atom is 0.336 e. The molecule has 4 aliphatic carbocycles. The molecule has 252 valence electrons. The highest BCUT2D eigenvalue weighted by Gasteiger charge is 2.59. The van der Waals surface area contributed by atoms with E-state index in [1.807, 2.05) is 12.1 Å². The lowest BCUT2D eigenvalue weighted by Gasteiger charge is -2.58. The maximum atomic E-state index is 13.4. The topological polar surface area (TPSA) is 40.5 Å². The summed E-state index contributed by atoms with van der Waals surface area (Å²) in [5.41, 5.74) is 3.27. The van der Waals surface area contributed by atoms with Gasteiger partial charge in [0, 0.05) is 6.20 Å². The Morgan fingerprint density at radius 2 is 1.84 bits per heavy atom. The molecular weight excluding hydrogens is 577 g/mol. The van der Waals surface area contributed by atoms with Crippen LogP contribution in [-0.2, 0) is 16.1 Å². The number of allylic oxidation sites excluding steroid dienone is 2. The van der Waals surface area contributed by atoms with E-state index in [1.54, 1.807) is 6.20 Å². The number of quaternary nitrogens is 1. The second-order valence-electron chi connectivity index (χ2n) is 17.4. The van der Waals surface area contributed by atoms with Crippen LogP contribution in [0.15, 0.2) is 30.0 Å². The summed E-state index contributed by atoms with van der Waals surface area (Å²) >= 11 is 5.59. The van der Waals surface area contributed by atoms with Crippen LogP contribution in [0.2, 0.25) is 0 Å². The summed E-state index contributed by atoms with van der Waals surface area (Å²) in [5.74, 6) is 4.73. The quantitative estimate of drug-likeness (QED) is 0.0990. The lowest BCUT2D eigenvalue weighted by molar-refractivity contribution is -0.870. The average Bonchev–Trinajstić information content (AvgIpc) is 3.33. The summed E-state index contributed by atoms with van der Waals surface area (Å²) in [4.78, 5) is 19.3. The first-order valence-electron chi connectivity index (χ1n) is 18.2. The number of hydrogen-bond donors (Lipinski definition) is 0. The van der Waals surface area contributed by atoms with Gasteiger partial charge in [0.05, 0.1) is 40.3 Å². The maximum absolute atomic E-state index is 13.4. The van der Waals surface area contributed by atoms with Gasteiger partial charge < -0.3 is 14.1 Å². The molecule has 0 spiro atoms. The number of ether oxygens (including phenoxy) is 1. The van der Waals surface area contributed by atoms with E-state index in [0.29, 0.717) is 23.3 Å². The summed E-state index contributed by atoms with van der Waals surface area (Å²) in [6.07, 6.45) is 18.1. The van der Waals surface area contributed by atoms with E-state index < -0.39 is 0 Å². The molecular formula is C39H63N2O3S+. The molecule has 1 aromatic rings. The van der Waals surface area contributed by atoms with Gasteiger partial charge in [-0.1, -0.05) is 77.7 Å². The van der Waals surface area contributed by atoms with Crippen molar-refractivity contribution in [2.45, 2.75) is 112 Å². The Kier molecular flexibility index (Phi) is 10.8. The van der Waals surface area contributed by atoms with Crippen molar-refractivity contribution < 1.29 is 18.9 Å². The Morgan fingerprint density at radius 3 is 2.56 bits per heavy atom. The summed E-state index contributed by atoms with van der Waals surface area (Å²) in [6.45, 7) is 14.7. The Morgan fingerprint density at radius 1 is 1.07 bits per heavy atom. The van der Waals surface area contributed by atoms with Crippen LogP contribution in [0, 0.1) is 56.9 Å². The van der Waals surface area contributed by atoms with E-state index in [4.69, 9.17) is 21.8 Å². The van der Waals surface area contributed by atoms with Crippen LogP contribution in [0.5, 0.6) is 0 Å².